The zero-order valence-electron chi connectivity index (χ0n) is 23.9. The third-order valence-corrected chi connectivity index (χ3v) is 7.69. The fraction of sp³-hybridized carbons (Fsp3) is 0.438. The number of benzene rings is 2. The summed E-state index contributed by atoms with van der Waals surface area (Å²) in [4.78, 5) is 31.4. The lowest BCUT2D eigenvalue weighted by Crippen LogP contribution is -2.49. The van der Waals surface area contributed by atoms with E-state index in [1.54, 1.807) is 35.2 Å². The Labute approximate surface area is 236 Å². The molecule has 0 N–H and O–H groups in total. The second-order valence-corrected chi connectivity index (χ2v) is 10.6. The average molecular weight is 550 g/mol. The molecule has 7 nitrogen and oxygen atoms in total. The summed E-state index contributed by atoms with van der Waals surface area (Å²) in [6.07, 6.45) is 7.21. The summed E-state index contributed by atoms with van der Waals surface area (Å²) in [5, 5.41) is 0. The van der Waals surface area contributed by atoms with Gasteiger partial charge in [-0.05, 0) is 68.7 Å². The molecular weight excluding hydrogens is 509 g/mol. The van der Waals surface area contributed by atoms with E-state index < -0.39 is 0 Å². The van der Waals surface area contributed by atoms with Gasteiger partial charge < -0.3 is 23.8 Å². The molecule has 0 saturated heterocycles. The zero-order valence-corrected chi connectivity index (χ0v) is 23.9. The van der Waals surface area contributed by atoms with Gasteiger partial charge in [0.2, 0.25) is 5.91 Å². The summed E-state index contributed by atoms with van der Waals surface area (Å²) < 4.78 is 26.5. The summed E-state index contributed by atoms with van der Waals surface area (Å²) in [7, 11) is 3.03. The first-order chi connectivity index (χ1) is 19.3. The maximum absolute atomic E-state index is 14.1. The van der Waals surface area contributed by atoms with Gasteiger partial charge in [0.15, 0.2) is 0 Å². The summed E-state index contributed by atoms with van der Waals surface area (Å²) in [6.45, 7) is 4.79. The van der Waals surface area contributed by atoms with Crippen molar-refractivity contribution in [2.75, 3.05) is 20.8 Å². The monoisotopic (exact) mass is 549 g/mol. The fourth-order valence-electron chi connectivity index (χ4n) is 5.45. The highest BCUT2D eigenvalue weighted by atomic mass is 19.1. The van der Waals surface area contributed by atoms with Crippen molar-refractivity contribution in [2.24, 2.45) is 0 Å². The van der Waals surface area contributed by atoms with Crippen LogP contribution < -0.4 is 9.47 Å². The zero-order chi connectivity index (χ0) is 28.6. The van der Waals surface area contributed by atoms with Gasteiger partial charge in [-0.2, -0.15) is 0 Å². The molecule has 2 amide bonds. The molecule has 0 atom stereocenters. The molecule has 1 saturated carbocycles. The third kappa shape index (κ3) is 6.84. The predicted molar refractivity (Wildman–Crippen MR) is 153 cm³/mol. The largest absolute Gasteiger partial charge is 0.496 e. The number of ether oxygens (including phenoxy) is 2. The summed E-state index contributed by atoms with van der Waals surface area (Å²) in [6, 6.07) is 15.6. The van der Waals surface area contributed by atoms with Crippen LogP contribution in [0.2, 0.25) is 0 Å². The summed E-state index contributed by atoms with van der Waals surface area (Å²) in [5.74, 6) is 0.161. The number of nitrogens with zero attached hydrogens (tertiary/aromatic N) is 3. The summed E-state index contributed by atoms with van der Waals surface area (Å²) >= 11 is 0. The molecule has 214 valence electrons. The number of amides is 2. The van der Waals surface area contributed by atoms with Gasteiger partial charge >= 0.3 is 0 Å². The molecule has 0 unspecified atom stereocenters. The molecule has 1 fully saturated rings. The van der Waals surface area contributed by atoms with E-state index in [4.69, 9.17) is 9.47 Å². The lowest BCUT2D eigenvalue weighted by atomic mass is 9.94. The summed E-state index contributed by atoms with van der Waals surface area (Å²) in [5.41, 5.74) is 2.29. The standard InChI is InChI=1S/C32H40FN3O4/c1-23(2)35(32(38)31-28(39-3)13-8-14-29(31)40-4)22-30(37)36(26-10-6-5-7-11-26)21-27-12-9-19-34(27)20-24-15-17-25(33)18-16-24/h8-9,12-19,23,26H,5-7,10-11,20-22H2,1-4H3. The molecule has 40 heavy (non-hydrogen) atoms. The van der Waals surface area contributed by atoms with Crippen molar-refractivity contribution in [3.8, 4) is 11.5 Å². The van der Waals surface area contributed by atoms with Crippen molar-refractivity contribution in [1.82, 2.24) is 14.4 Å². The molecule has 2 aromatic carbocycles. The molecule has 0 radical (unpaired) electrons. The molecule has 3 aromatic rings. The van der Waals surface area contributed by atoms with Gasteiger partial charge in [0.05, 0.1) is 20.8 Å². The number of methoxy groups -OCH3 is 2. The van der Waals surface area contributed by atoms with Crippen LogP contribution in [-0.4, -0.2) is 59.0 Å². The van der Waals surface area contributed by atoms with Crippen molar-refractivity contribution in [2.45, 2.75) is 71.1 Å². The van der Waals surface area contributed by atoms with Crippen LogP contribution in [0.3, 0.4) is 0 Å². The predicted octanol–water partition coefficient (Wildman–Crippen LogP) is 5.90. The van der Waals surface area contributed by atoms with E-state index in [1.165, 1.54) is 32.8 Å². The Balaban J connectivity index is 1.59. The molecular formula is C32H40FN3O4. The van der Waals surface area contributed by atoms with Crippen molar-refractivity contribution in [3.05, 3.63) is 83.4 Å². The quantitative estimate of drug-likeness (QED) is 0.299. The first-order valence-electron chi connectivity index (χ1n) is 14.0. The van der Waals surface area contributed by atoms with Gasteiger partial charge in [-0.1, -0.05) is 37.5 Å². The van der Waals surface area contributed by atoms with Crippen LogP contribution >= 0.6 is 0 Å². The van der Waals surface area contributed by atoms with E-state index in [9.17, 15) is 14.0 Å². The van der Waals surface area contributed by atoms with E-state index in [2.05, 4.69) is 4.57 Å². The van der Waals surface area contributed by atoms with Gasteiger partial charge in [-0.3, -0.25) is 9.59 Å². The number of carbonyl (C=O) groups excluding carboxylic acids is 2. The molecule has 4 rings (SSSR count). The smallest absolute Gasteiger partial charge is 0.262 e. The van der Waals surface area contributed by atoms with E-state index in [0.29, 0.717) is 30.2 Å². The van der Waals surface area contributed by atoms with Gasteiger partial charge in [0.25, 0.3) is 5.91 Å². The van der Waals surface area contributed by atoms with Crippen molar-refractivity contribution in [3.63, 3.8) is 0 Å². The van der Waals surface area contributed by atoms with Gasteiger partial charge in [0.1, 0.15) is 29.4 Å². The SMILES string of the molecule is COc1cccc(OC)c1C(=O)N(CC(=O)N(Cc1cccn1Cc1ccc(F)cc1)C1CCCCC1)C(C)C. The van der Waals surface area contributed by atoms with Crippen LogP contribution in [0.4, 0.5) is 4.39 Å². The van der Waals surface area contributed by atoms with Gasteiger partial charge in [0, 0.05) is 30.5 Å². The van der Waals surface area contributed by atoms with Crippen LogP contribution in [0.25, 0.3) is 0 Å². The second kappa shape index (κ2) is 13.5. The lowest BCUT2D eigenvalue weighted by Gasteiger charge is -2.37. The fourth-order valence-corrected chi connectivity index (χ4v) is 5.45. The van der Waals surface area contributed by atoms with Gasteiger partial charge in [-0.15, -0.1) is 0 Å². The van der Waals surface area contributed by atoms with Crippen LogP contribution in [-0.2, 0) is 17.9 Å². The minimum absolute atomic E-state index is 0.0487. The van der Waals surface area contributed by atoms with Crippen LogP contribution in [0, 0.1) is 5.82 Å². The topological polar surface area (TPSA) is 64.0 Å². The number of hydrogen-bond acceptors (Lipinski definition) is 4. The molecule has 1 aliphatic carbocycles. The minimum Gasteiger partial charge on any atom is -0.496 e. The van der Waals surface area contributed by atoms with Crippen LogP contribution in [0.5, 0.6) is 11.5 Å². The highest BCUT2D eigenvalue weighted by Crippen LogP contribution is 2.31. The average Bonchev–Trinajstić information content (AvgIpc) is 3.41. The highest BCUT2D eigenvalue weighted by Gasteiger charge is 2.32. The molecule has 0 bridgehead atoms. The van der Waals surface area contributed by atoms with E-state index in [0.717, 1.165) is 36.9 Å². The molecule has 0 spiro atoms. The molecule has 8 heteroatoms. The Morgan fingerprint density at radius 2 is 1.60 bits per heavy atom. The third-order valence-electron chi connectivity index (χ3n) is 7.69. The van der Waals surface area contributed by atoms with Gasteiger partial charge in [-0.25, -0.2) is 4.39 Å². The Morgan fingerprint density at radius 1 is 0.950 bits per heavy atom. The molecule has 1 aliphatic rings. The molecule has 0 aliphatic heterocycles. The normalized spacial score (nSPS) is 13.8. The maximum Gasteiger partial charge on any atom is 0.262 e. The van der Waals surface area contributed by atoms with Crippen LogP contribution in [0.1, 0.15) is 67.6 Å². The lowest BCUT2D eigenvalue weighted by molar-refractivity contribution is -0.136. The Hall–Kier alpha value is -3.81. The number of aromatic nitrogens is 1. The van der Waals surface area contributed by atoms with Crippen molar-refractivity contribution < 1.29 is 23.5 Å². The second-order valence-electron chi connectivity index (χ2n) is 10.6. The van der Waals surface area contributed by atoms with E-state index in [1.807, 2.05) is 37.1 Å². The number of rotatable bonds is 11. The van der Waals surface area contributed by atoms with Crippen molar-refractivity contribution in [1.29, 1.82) is 0 Å². The Bertz CT molecular complexity index is 1260. The number of carbonyl (C=O) groups is 2. The number of halogens is 1. The molecule has 1 aromatic heterocycles. The van der Waals surface area contributed by atoms with Crippen LogP contribution in [0.15, 0.2) is 60.8 Å². The van der Waals surface area contributed by atoms with E-state index >= 15 is 0 Å². The first kappa shape index (κ1) is 29.2. The highest BCUT2D eigenvalue weighted by molar-refractivity contribution is 6.01. The minimum atomic E-state index is -0.305. The molecule has 1 heterocycles. The Kier molecular flexibility index (Phi) is 9.85. The first-order valence-corrected chi connectivity index (χ1v) is 14.0. The van der Waals surface area contributed by atoms with E-state index in [-0.39, 0.29) is 36.3 Å². The maximum atomic E-state index is 14.1. The Morgan fingerprint density at radius 3 is 2.20 bits per heavy atom. The number of hydrogen-bond donors (Lipinski definition) is 0. The van der Waals surface area contributed by atoms with Crippen molar-refractivity contribution >= 4 is 11.8 Å².